The fourth-order valence-electron chi connectivity index (χ4n) is 3.93. The van der Waals surface area contributed by atoms with E-state index < -0.39 is 0 Å². The van der Waals surface area contributed by atoms with Gasteiger partial charge < -0.3 is 19.5 Å². The molecule has 1 saturated heterocycles. The Morgan fingerprint density at radius 3 is 2.79 bits per heavy atom. The van der Waals surface area contributed by atoms with Crippen molar-refractivity contribution < 1.29 is 4.74 Å². The maximum atomic E-state index is 5.74. The van der Waals surface area contributed by atoms with Gasteiger partial charge in [-0.05, 0) is 55.0 Å². The first kappa shape index (κ1) is 19.5. The first-order valence-corrected chi connectivity index (χ1v) is 10.4. The number of benzene rings is 1. The van der Waals surface area contributed by atoms with Crippen molar-refractivity contribution in [3.63, 3.8) is 0 Å². The van der Waals surface area contributed by atoms with Crippen LogP contribution in [0, 0.1) is 0 Å². The van der Waals surface area contributed by atoms with E-state index in [-0.39, 0.29) is 12.1 Å². The molecule has 1 aliphatic heterocycles. The molecule has 0 saturated carbocycles. The molecule has 6 heteroatoms. The third-order valence-electron chi connectivity index (χ3n) is 5.37. The molecule has 2 atom stereocenters. The lowest BCUT2D eigenvalue weighted by Gasteiger charge is -2.29. The molecule has 4 rings (SSSR count). The Bertz CT molecular complexity index is 972. The minimum Gasteiger partial charge on any atom is -0.497 e. The summed E-state index contributed by atoms with van der Waals surface area (Å²) in [6.45, 7) is 3.12. The summed E-state index contributed by atoms with van der Waals surface area (Å²) in [5.74, 6) is 0.839. The lowest BCUT2D eigenvalue weighted by molar-refractivity contribution is 0.304. The van der Waals surface area contributed by atoms with Crippen LogP contribution in [0.1, 0.15) is 43.2 Å². The highest BCUT2D eigenvalue weighted by Gasteiger charge is 2.40. The normalized spacial score (nSPS) is 18.7. The third kappa shape index (κ3) is 3.85. The fraction of sp³-hybridized carbons (Fsp3) is 0.304. The summed E-state index contributed by atoms with van der Waals surface area (Å²) < 4.78 is 7.65. The maximum Gasteiger partial charge on any atom is 0.170 e. The predicted molar refractivity (Wildman–Crippen MR) is 119 cm³/mol. The number of unbranched alkanes of at least 4 members (excludes halogenated alkanes) is 1. The van der Waals surface area contributed by atoms with E-state index in [1.807, 2.05) is 30.5 Å². The summed E-state index contributed by atoms with van der Waals surface area (Å²) in [5.41, 5.74) is 3.24. The second-order valence-corrected chi connectivity index (χ2v) is 7.56. The lowest BCUT2D eigenvalue weighted by atomic mass is 10.0. The molecule has 0 aliphatic carbocycles. The topological polar surface area (TPSA) is 42.3 Å². The Morgan fingerprint density at radius 1 is 1.14 bits per heavy atom. The van der Waals surface area contributed by atoms with Crippen LogP contribution < -0.4 is 10.1 Å². The molecule has 0 amide bonds. The standard InChI is InChI=1S/C23H26N4OS/c1-3-4-14-27-22(21(25-23(27)29)19-11-5-6-13-24-19)20-12-8-15-26(20)17-9-7-10-18(16-17)28-2/h5-13,15-16,21-22H,3-4,14H2,1-2H3,(H,25,29)/t21-,22+/m1/s1. The van der Waals surface area contributed by atoms with Gasteiger partial charge in [-0.2, -0.15) is 0 Å². The van der Waals surface area contributed by atoms with Gasteiger partial charge in [0, 0.05) is 36.4 Å². The van der Waals surface area contributed by atoms with Crippen molar-refractivity contribution in [3.05, 3.63) is 78.4 Å². The van der Waals surface area contributed by atoms with Crippen molar-refractivity contribution in [3.8, 4) is 11.4 Å². The molecule has 5 nitrogen and oxygen atoms in total. The largest absolute Gasteiger partial charge is 0.497 e. The van der Waals surface area contributed by atoms with Gasteiger partial charge in [-0.25, -0.2) is 0 Å². The van der Waals surface area contributed by atoms with E-state index in [1.54, 1.807) is 7.11 Å². The van der Waals surface area contributed by atoms with Crippen LogP contribution in [0.25, 0.3) is 5.69 Å². The van der Waals surface area contributed by atoms with Gasteiger partial charge in [0.05, 0.1) is 24.9 Å². The Labute approximate surface area is 177 Å². The van der Waals surface area contributed by atoms with E-state index in [1.165, 1.54) is 5.69 Å². The second-order valence-electron chi connectivity index (χ2n) is 7.18. The molecule has 3 aromatic rings. The highest BCUT2D eigenvalue weighted by atomic mass is 32.1. The monoisotopic (exact) mass is 406 g/mol. The molecule has 3 heterocycles. The van der Waals surface area contributed by atoms with Gasteiger partial charge in [-0.1, -0.05) is 25.5 Å². The minimum atomic E-state index is -0.000172. The number of ether oxygens (including phenoxy) is 1. The molecule has 0 radical (unpaired) electrons. The Hall–Kier alpha value is -2.86. The summed E-state index contributed by atoms with van der Waals surface area (Å²) in [6.07, 6.45) is 6.15. The van der Waals surface area contributed by atoms with Gasteiger partial charge in [0.2, 0.25) is 0 Å². The highest BCUT2D eigenvalue weighted by Crippen LogP contribution is 2.39. The Balaban J connectivity index is 1.78. The molecule has 1 aromatic carbocycles. The molecule has 1 aliphatic rings. The van der Waals surface area contributed by atoms with Crippen molar-refractivity contribution in [1.29, 1.82) is 0 Å². The summed E-state index contributed by atoms with van der Waals surface area (Å²) in [7, 11) is 1.69. The smallest absolute Gasteiger partial charge is 0.170 e. The SMILES string of the molecule is CCCCN1C(=S)N[C@H](c2ccccn2)[C@@H]1c1cccn1-c1cccc(OC)c1. The van der Waals surface area contributed by atoms with E-state index in [9.17, 15) is 0 Å². The van der Waals surface area contributed by atoms with E-state index in [0.717, 1.165) is 41.6 Å². The van der Waals surface area contributed by atoms with E-state index in [0.29, 0.717) is 0 Å². The number of thiocarbonyl (C=S) groups is 1. The first-order chi connectivity index (χ1) is 14.2. The van der Waals surface area contributed by atoms with Crippen LogP contribution in [0.2, 0.25) is 0 Å². The van der Waals surface area contributed by atoms with Crippen LogP contribution in [0.4, 0.5) is 0 Å². The van der Waals surface area contributed by atoms with E-state index in [4.69, 9.17) is 17.0 Å². The van der Waals surface area contributed by atoms with Crippen molar-refractivity contribution >= 4 is 17.3 Å². The first-order valence-electron chi connectivity index (χ1n) is 10.0. The van der Waals surface area contributed by atoms with Crippen molar-refractivity contribution in [2.24, 2.45) is 0 Å². The zero-order valence-electron chi connectivity index (χ0n) is 16.8. The van der Waals surface area contributed by atoms with Gasteiger partial charge in [-0.3, -0.25) is 4.98 Å². The molecule has 0 spiro atoms. The summed E-state index contributed by atoms with van der Waals surface area (Å²) in [4.78, 5) is 6.93. The highest BCUT2D eigenvalue weighted by molar-refractivity contribution is 7.80. The van der Waals surface area contributed by atoms with Crippen molar-refractivity contribution in [2.75, 3.05) is 13.7 Å². The molecule has 2 aromatic heterocycles. The average Bonchev–Trinajstić information content (AvgIpc) is 3.37. The van der Waals surface area contributed by atoms with E-state index >= 15 is 0 Å². The molecular weight excluding hydrogens is 380 g/mol. The van der Waals surface area contributed by atoms with Gasteiger partial charge in [0.25, 0.3) is 0 Å². The van der Waals surface area contributed by atoms with Gasteiger partial charge in [0.1, 0.15) is 5.75 Å². The van der Waals surface area contributed by atoms with Crippen molar-refractivity contribution in [1.82, 2.24) is 19.8 Å². The zero-order chi connectivity index (χ0) is 20.2. The van der Waals surface area contributed by atoms with Crippen LogP contribution >= 0.6 is 12.2 Å². The van der Waals surface area contributed by atoms with Gasteiger partial charge in [0.15, 0.2) is 5.11 Å². The number of rotatable bonds is 7. The number of pyridine rings is 1. The second kappa shape index (κ2) is 8.66. The minimum absolute atomic E-state index is 0.000172. The van der Waals surface area contributed by atoms with Crippen molar-refractivity contribution in [2.45, 2.75) is 31.8 Å². The number of nitrogens with zero attached hydrogens (tertiary/aromatic N) is 3. The molecular formula is C23H26N4OS. The fourth-order valence-corrected chi connectivity index (χ4v) is 4.26. The molecule has 0 unspecified atom stereocenters. The van der Waals surface area contributed by atoms with Crippen LogP contribution in [0.3, 0.4) is 0 Å². The van der Waals surface area contributed by atoms with Crippen LogP contribution in [0.5, 0.6) is 5.75 Å². The summed E-state index contributed by atoms with van der Waals surface area (Å²) in [6, 6.07) is 18.5. The molecule has 0 bridgehead atoms. The molecule has 150 valence electrons. The Kier molecular flexibility index (Phi) is 5.81. The van der Waals surface area contributed by atoms with Crippen LogP contribution in [-0.4, -0.2) is 33.2 Å². The van der Waals surface area contributed by atoms with Gasteiger partial charge >= 0.3 is 0 Å². The number of aromatic nitrogens is 2. The predicted octanol–water partition coefficient (Wildman–Crippen LogP) is 4.65. The van der Waals surface area contributed by atoms with Crippen LogP contribution in [-0.2, 0) is 0 Å². The summed E-state index contributed by atoms with van der Waals surface area (Å²) >= 11 is 5.74. The number of nitrogens with one attached hydrogen (secondary N) is 1. The molecule has 1 N–H and O–H groups in total. The third-order valence-corrected chi connectivity index (χ3v) is 5.72. The van der Waals surface area contributed by atoms with Gasteiger partial charge in [-0.15, -0.1) is 0 Å². The van der Waals surface area contributed by atoms with E-state index in [2.05, 4.69) is 63.2 Å². The van der Waals surface area contributed by atoms with Crippen LogP contribution in [0.15, 0.2) is 67.0 Å². The maximum absolute atomic E-state index is 5.74. The Morgan fingerprint density at radius 2 is 2.03 bits per heavy atom. The quantitative estimate of drug-likeness (QED) is 0.579. The number of methoxy groups -OCH3 is 1. The lowest BCUT2D eigenvalue weighted by Crippen LogP contribution is -2.31. The number of hydrogen-bond acceptors (Lipinski definition) is 3. The average molecular weight is 407 g/mol. The molecule has 1 fully saturated rings. The molecule has 29 heavy (non-hydrogen) atoms. The number of hydrogen-bond donors (Lipinski definition) is 1. The zero-order valence-corrected chi connectivity index (χ0v) is 17.6. The summed E-state index contributed by atoms with van der Waals surface area (Å²) in [5, 5.41) is 4.31.